The molecule has 1 unspecified atom stereocenters. The van der Waals surface area contributed by atoms with E-state index in [0.29, 0.717) is 5.56 Å². The number of benzene rings is 1. The van der Waals surface area contributed by atoms with Crippen LogP contribution in [0.1, 0.15) is 28.3 Å². The van der Waals surface area contributed by atoms with Gasteiger partial charge < -0.3 is 0 Å². The number of pyridine rings is 1. The molecule has 1 atom stereocenters. The molecule has 1 aromatic heterocycles. The predicted molar refractivity (Wildman–Crippen MR) is 69.5 cm³/mol. The molecule has 0 bridgehead atoms. The van der Waals surface area contributed by atoms with Crippen molar-refractivity contribution in [3.8, 4) is 0 Å². The van der Waals surface area contributed by atoms with Gasteiger partial charge in [0.1, 0.15) is 5.82 Å². The lowest BCUT2D eigenvalue weighted by Gasteiger charge is -2.21. The summed E-state index contributed by atoms with van der Waals surface area (Å²) in [6.45, 7) is 1.71. The maximum absolute atomic E-state index is 13.9. The maximum atomic E-state index is 13.9. The maximum Gasteiger partial charge on any atom is 0.416 e. The van der Waals surface area contributed by atoms with Crippen LogP contribution in [-0.2, 0) is 6.18 Å². The highest BCUT2D eigenvalue weighted by Crippen LogP contribution is 2.36. The normalized spacial score (nSPS) is 13.2. The van der Waals surface area contributed by atoms with Gasteiger partial charge in [0.05, 0.1) is 11.6 Å². The number of aryl methyl sites for hydroxylation is 1. The van der Waals surface area contributed by atoms with Crippen LogP contribution in [0.5, 0.6) is 0 Å². The van der Waals surface area contributed by atoms with Gasteiger partial charge in [-0.3, -0.25) is 10.8 Å². The summed E-state index contributed by atoms with van der Waals surface area (Å²) in [7, 11) is 0. The van der Waals surface area contributed by atoms with E-state index in [2.05, 4.69) is 10.4 Å². The zero-order valence-electron chi connectivity index (χ0n) is 11.1. The average Bonchev–Trinajstić information content (AvgIpc) is 2.43. The second-order valence-electron chi connectivity index (χ2n) is 4.59. The molecule has 0 aliphatic rings. The van der Waals surface area contributed by atoms with Crippen LogP contribution in [0, 0.1) is 12.7 Å². The molecule has 21 heavy (non-hydrogen) atoms. The number of nitrogens with one attached hydrogen (secondary N) is 1. The van der Waals surface area contributed by atoms with E-state index in [9.17, 15) is 17.6 Å². The summed E-state index contributed by atoms with van der Waals surface area (Å²) in [6, 6.07) is 3.87. The lowest BCUT2D eigenvalue weighted by Crippen LogP contribution is -2.31. The minimum absolute atomic E-state index is 0.0380. The fourth-order valence-electron chi connectivity index (χ4n) is 2.13. The van der Waals surface area contributed by atoms with E-state index < -0.39 is 23.6 Å². The Labute approximate surface area is 118 Å². The third kappa shape index (κ3) is 3.20. The van der Waals surface area contributed by atoms with Gasteiger partial charge in [-0.25, -0.2) is 9.82 Å². The van der Waals surface area contributed by atoms with E-state index in [4.69, 9.17) is 5.84 Å². The molecular formula is C14H13F4N3. The van der Waals surface area contributed by atoms with Crippen molar-refractivity contribution in [3.63, 3.8) is 0 Å². The molecule has 1 aromatic carbocycles. The summed E-state index contributed by atoms with van der Waals surface area (Å²) in [6.07, 6.45) is -2.50. The van der Waals surface area contributed by atoms with Gasteiger partial charge in [0, 0.05) is 23.5 Å². The molecule has 2 aromatic rings. The molecule has 0 amide bonds. The standard InChI is InChI=1S/C14H13F4N3/c1-8-2-3-12(15)9(6-8)13(21-19)10-7-20-5-4-11(10)14(16,17)18/h2-7,13,21H,19H2,1H3. The van der Waals surface area contributed by atoms with Crippen molar-refractivity contribution in [2.75, 3.05) is 0 Å². The molecule has 2 rings (SSSR count). The zero-order chi connectivity index (χ0) is 15.6. The Bertz CT molecular complexity index is 640. The van der Waals surface area contributed by atoms with E-state index in [0.717, 1.165) is 18.5 Å². The second kappa shape index (κ2) is 5.79. The quantitative estimate of drug-likeness (QED) is 0.520. The summed E-state index contributed by atoms with van der Waals surface area (Å²) < 4.78 is 53.1. The van der Waals surface area contributed by atoms with Gasteiger partial charge >= 0.3 is 6.18 Å². The van der Waals surface area contributed by atoms with Crippen molar-refractivity contribution >= 4 is 0 Å². The van der Waals surface area contributed by atoms with Crippen LogP contribution in [0.15, 0.2) is 36.7 Å². The lowest BCUT2D eigenvalue weighted by molar-refractivity contribution is -0.138. The minimum atomic E-state index is -4.58. The molecule has 1 heterocycles. The number of nitrogens with two attached hydrogens (primary N) is 1. The first-order chi connectivity index (χ1) is 9.84. The third-order valence-corrected chi connectivity index (χ3v) is 3.10. The van der Waals surface area contributed by atoms with Crippen LogP contribution >= 0.6 is 0 Å². The first-order valence-electron chi connectivity index (χ1n) is 6.08. The highest BCUT2D eigenvalue weighted by atomic mass is 19.4. The molecule has 0 saturated heterocycles. The van der Waals surface area contributed by atoms with Gasteiger partial charge in [0.2, 0.25) is 0 Å². The Hall–Kier alpha value is -1.99. The van der Waals surface area contributed by atoms with E-state index in [1.54, 1.807) is 6.92 Å². The molecule has 3 nitrogen and oxygen atoms in total. The van der Waals surface area contributed by atoms with Crippen LogP contribution in [0.4, 0.5) is 17.6 Å². The van der Waals surface area contributed by atoms with Gasteiger partial charge in [-0.2, -0.15) is 13.2 Å². The van der Waals surface area contributed by atoms with Crippen molar-refractivity contribution in [1.29, 1.82) is 0 Å². The smallest absolute Gasteiger partial charge is 0.271 e. The SMILES string of the molecule is Cc1ccc(F)c(C(NN)c2cnccc2C(F)(F)F)c1. The van der Waals surface area contributed by atoms with E-state index >= 15 is 0 Å². The average molecular weight is 299 g/mol. The van der Waals surface area contributed by atoms with Gasteiger partial charge in [0.25, 0.3) is 0 Å². The summed E-state index contributed by atoms with van der Waals surface area (Å²) >= 11 is 0. The minimum Gasteiger partial charge on any atom is -0.271 e. The molecule has 0 saturated carbocycles. The Morgan fingerprint density at radius 3 is 2.52 bits per heavy atom. The van der Waals surface area contributed by atoms with Crippen molar-refractivity contribution in [2.45, 2.75) is 19.1 Å². The van der Waals surface area contributed by atoms with E-state index in [1.165, 1.54) is 18.2 Å². The number of hydrazine groups is 1. The third-order valence-electron chi connectivity index (χ3n) is 3.10. The van der Waals surface area contributed by atoms with Crippen molar-refractivity contribution < 1.29 is 17.6 Å². The Balaban J connectivity index is 2.60. The number of aromatic nitrogens is 1. The van der Waals surface area contributed by atoms with Crippen LogP contribution in [0.3, 0.4) is 0 Å². The number of halogens is 4. The molecule has 0 aliphatic heterocycles. The topological polar surface area (TPSA) is 50.9 Å². The summed E-state index contributed by atoms with van der Waals surface area (Å²) in [5.74, 6) is 4.72. The van der Waals surface area contributed by atoms with E-state index in [-0.39, 0.29) is 11.1 Å². The molecule has 7 heteroatoms. The number of nitrogens with zero attached hydrogens (tertiary/aromatic N) is 1. The fourth-order valence-corrected chi connectivity index (χ4v) is 2.13. The van der Waals surface area contributed by atoms with Crippen LogP contribution in [-0.4, -0.2) is 4.98 Å². The first kappa shape index (κ1) is 15.4. The van der Waals surface area contributed by atoms with Crippen molar-refractivity contribution in [2.24, 2.45) is 5.84 Å². The molecule has 0 spiro atoms. The van der Waals surface area contributed by atoms with Gasteiger partial charge in [-0.1, -0.05) is 17.7 Å². The Morgan fingerprint density at radius 1 is 1.19 bits per heavy atom. The van der Waals surface area contributed by atoms with Crippen LogP contribution < -0.4 is 11.3 Å². The number of hydrogen-bond donors (Lipinski definition) is 2. The monoisotopic (exact) mass is 299 g/mol. The number of rotatable bonds is 3. The van der Waals surface area contributed by atoms with Crippen LogP contribution in [0.25, 0.3) is 0 Å². The predicted octanol–water partition coefficient (Wildman–Crippen LogP) is 3.10. The lowest BCUT2D eigenvalue weighted by atomic mass is 9.95. The highest BCUT2D eigenvalue weighted by molar-refractivity contribution is 5.38. The summed E-state index contributed by atoms with van der Waals surface area (Å²) in [5.41, 5.74) is 1.86. The second-order valence-corrected chi connectivity index (χ2v) is 4.59. The molecule has 3 N–H and O–H groups in total. The number of alkyl halides is 3. The summed E-state index contributed by atoms with van der Waals surface area (Å²) in [4.78, 5) is 3.69. The first-order valence-corrected chi connectivity index (χ1v) is 6.08. The van der Waals surface area contributed by atoms with Gasteiger partial charge in [-0.15, -0.1) is 0 Å². The summed E-state index contributed by atoms with van der Waals surface area (Å²) in [5, 5.41) is 0. The fraction of sp³-hybridized carbons (Fsp3) is 0.214. The molecular weight excluding hydrogens is 286 g/mol. The zero-order valence-corrected chi connectivity index (χ0v) is 11.1. The molecule has 0 aliphatic carbocycles. The molecule has 0 fully saturated rings. The van der Waals surface area contributed by atoms with Crippen molar-refractivity contribution in [1.82, 2.24) is 10.4 Å². The number of hydrogen-bond acceptors (Lipinski definition) is 3. The van der Waals surface area contributed by atoms with Gasteiger partial charge in [-0.05, 0) is 19.1 Å². The van der Waals surface area contributed by atoms with E-state index in [1.807, 2.05) is 0 Å². The molecule has 0 radical (unpaired) electrons. The molecule has 112 valence electrons. The van der Waals surface area contributed by atoms with Crippen molar-refractivity contribution in [3.05, 3.63) is 64.7 Å². The largest absolute Gasteiger partial charge is 0.416 e. The Morgan fingerprint density at radius 2 is 1.90 bits per heavy atom. The highest BCUT2D eigenvalue weighted by Gasteiger charge is 2.36. The van der Waals surface area contributed by atoms with Crippen LogP contribution in [0.2, 0.25) is 0 Å². The Kier molecular flexibility index (Phi) is 4.24. The van der Waals surface area contributed by atoms with Gasteiger partial charge in [0.15, 0.2) is 0 Å².